The summed E-state index contributed by atoms with van der Waals surface area (Å²) >= 11 is 0. The van der Waals surface area contributed by atoms with Crippen LogP contribution in [-0.4, -0.2) is 43.2 Å². The number of hydrogen-bond donors (Lipinski definition) is 0. The van der Waals surface area contributed by atoms with Crippen LogP contribution in [0.25, 0.3) is 0 Å². The van der Waals surface area contributed by atoms with Gasteiger partial charge in [-0.1, -0.05) is 30.3 Å². The van der Waals surface area contributed by atoms with Gasteiger partial charge in [-0.05, 0) is 12.0 Å². The van der Waals surface area contributed by atoms with E-state index in [1.54, 1.807) is 0 Å². The fraction of sp³-hybridized carbons (Fsp3) is 0.500. The number of carbonyl (C=O) groups is 1. The Kier molecular flexibility index (Phi) is 3.19. The number of Topliss-reactive ketones (excluding diaryl/α,β-unsaturated/α-hetero) is 1. The Morgan fingerprint density at radius 1 is 1.16 bits per heavy atom. The van der Waals surface area contributed by atoms with E-state index in [0.717, 1.165) is 12.1 Å². The largest absolute Gasteiger partial charge is 0.298 e. The SMILES string of the molecule is O=C1[C@@H]2CCS(=O)(=O)[C@H]1CN(Cc1ccccc1)C2. The Balaban J connectivity index is 1.78. The quantitative estimate of drug-likeness (QED) is 0.806. The summed E-state index contributed by atoms with van der Waals surface area (Å²) in [4.78, 5) is 14.1. The molecule has 1 aromatic rings. The molecule has 0 saturated carbocycles. The standard InChI is InChI=1S/C14H17NO3S/c16-14-12-6-7-19(17,18)13(14)10-15(9-12)8-11-4-2-1-3-5-11/h1-5,12-13H,6-10H2/t12-,13+/m1/s1. The minimum atomic E-state index is -3.22. The molecule has 0 amide bonds. The number of ketones is 1. The van der Waals surface area contributed by atoms with Gasteiger partial charge < -0.3 is 0 Å². The molecule has 2 heterocycles. The van der Waals surface area contributed by atoms with Crippen molar-refractivity contribution in [3.8, 4) is 0 Å². The van der Waals surface area contributed by atoms with Crippen LogP contribution in [0.2, 0.25) is 0 Å². The van der Waals surface area contributed by atoms with Gasteiger partial charge in [0.05, 0.1) is 5.75 Å². The molecule has 3 rings (SSSR count). The van der Waals surface area contributed by atoms with E-state index < -0.39 is 15.1 Å². The number of nitrogens with zero attached hydrogens (tertiary/aromatic N) is 1. The molecule has 2 aliphatic heterocycles. The predicted molar refractivity (Wildman–Crippen MR) is 72.4 cm³/mol. The molecule has 1 aromatic carbocycles. The topological polar surface area (TPSA) is 54.5 Å². The highest BCUT2D eigenvalue weighted by molar-refractivity contribution is 7.92. The Hall–Kier alpha value is -1.20. The van der Waals surface area contributed by atoms with E-state index in [2.05, 4.69) is 4.90 Å². The second-order valence-electron chi connectivity index (χ2n) is 5.42. The molecule has 0 aromatic heterocycles. The third-order valence-electron chi connectivity index (χ3n) is 4.06. The zero-order valence-electron chi connectivity index (χ0n) is 10.7. The maximum Gasteiger partial charge on any atom is 0.161 e. The van der Waals surface area contributed by atoms with Gasteiger partial charge in [-0.3, -0.25) is 9.69 Å². The molecular weight excluding hydrogens is 262 g/mol. The van der Waals surface area contributed by atoms with E-state index in [4.69, 9.17) is 0 Å². The molecule has 2 bridgehead atoms. The Morgan fingerprint density at radius 3 is 2.63 bits per heavy atom. The van der Waals surface area contributed by atoms with Crippen molar-refractivity contribution in [3.63, 3.8) is 0 Å². The second-order valence-corrected chi connectivity index (χ2v) is 7.73. The van der Waals surface area contributed by atoms with Crippen LogP contribution in [0, 0.1) is 5.92 Å². The summed E-state index contributed by atoms with van der Waals surface area (Å²) in [6, 6.07) is 9.97. The van der Waals surface area contributed by atoms with E-state index >= 15 is 0 Å². The molecule has 0 spiro atoms. The van der Waals surface area contributed by atoms with Crippen LogP contribution in [0.15, 0.2) is 30.3 Å². The third kappa shape index (κ3) is 2.44. The summed E-state index contributed by atoms with van der Waals surface area (Å²) in [7, 11) is -3.22. The van der Waals surface area contributed by atoms with Gasteiger partial charge in [-0.2, -0.15) is 0 Å². The number of benzene rings is 1. The molecule has 2 aliphatic rings. The van der Waals surface area contributed by atoms with E-state index in [1.165, 1.54) is 0 Å². The number of hydrogen-bond acceptors (Lipinski definition) is 4. The molecular formula is C14H17NO3S. The second kappa shape index (κ2) is 4.72. The number of rotatable bonds is 2. The first-order valence-corrected chi connectivity index (χ1v) is 8.29. The molecule has 2 fully saturated rings. The maximum absolute atomic E-state index is 12.0. The van der Waals surface area contributed by atoms with Gasteiger partial charge in [0.15, 0.2) is 15.6 Å². The highest BCUT2D eigenvalue weighted by Crippen LogP contribution is 2.28. The number of fused-ring (bicyclic) bond motifs is 2. The van der Waals surface area contributed by atoms with Gasteiger partial charge in [0.2, 0.25) is 0 Å². The van der Waals surface area contributed by atoms with Crippen LogP contribution in [0.5, 0.6) is 0 Å². The van der Waals surface area contributed by atoms with Crippen LogP contribution in [-0.2, 0) is 21.2 Å². The lowest BCUT2D eigenvalue weighted by atomic mass is 9.93. The van der Waals surface area contributed by atoms with Crippen molar-refractivity contribution in [1.29, 1.82) is 0 Å². The van der Waals surface area contributed by atoms with Crippen LogP contribution < -0.4 is 0 Å². The van der Waals surface area contributed by atoms with Gasteiger partial charge in [0.1, 0.15) is 5.25 Å². The molecule has 0 radical (unpaired) electrons. The van der Waals surface area contributed by atoms with Crippen molar-refractivity contribution in [2.45, 2.75) is 18.2 Å². The van der Waals surface area contributed by atoms with Gasteiger partial charge in [0.25, 0.3) is 0 Å². The summed E-state index contributed by atoms with van der Waals surface area (Å²) < 4.78 is 23.9. The minimum absolute atomic E-state index is 0.0597. The average Bonchev–Trinajstić information content (AvgIpc) is 2.38. The Bertz CT molecular complexity index is 582. The van der Waals surface area contributed by atoms with Crippen molar-refractivity contribution in [2.24, 2.45) is 5.92 Å². The number of sulfone groups is 1. The summed E-state index contributed by atoms with van der Waals surface area (Å²) in [5.74, 6) is 0.0225. The lowest BCUT2D eigenvalue weighted by Crippen LogP contribution is -2.56. The Labute approximate surface area is 113 Å². The van der Waals surface area contributed by atoms with E-state index in [1.807, 2.05) is 30.3 Å². The third-order valence-corrected chi connectivity index (χ3v) is 6.11. The van der Waals surface area contributed by atoms with E-state index in [0.29, 0.717) is 19.5 Å². The first-order valence-electron chi connectivity index (χ1n) is 6.58. The summed E-state index contributed by atoms with van der Waals surface area (Å²) in [5.41, 5.74) is 1.16. The monoisotopic (exact) mass is 279 g/mol. The zero-order valence-corrected chi connectivity index (χ0v) is 11.5. The molecule has 0 unspecified atom stereocenters. The normalized spacial score (nSPS) is 30.2. The predicted octanol–water partition coefficient (Wildman–Crippen LogP) is 0.875. The molecule has 2 atom stereocenters. The van der Waals surface area contributed by atoms with E-state index in [9.17, 15) is 13.2 Å². The van der Waals surface area contributed by atoms with Gasteiger partial charge in [-0.25, -0.2) is 8.42 Å². The highest BCUT2D eigenvalue weighted by Gasteiger charge is 2.46. The van der Waals surface area contributed by atoms with Crippen molar-refractivity contribution >= 4 is 15.6 Å². The van der Waals surface area contributed by atoms with Crippen molar-refractivity contribution < 1.29 is 13.2 Å². The van der Waals surface area contributed by atoms with Gasteiger partial charge in [-0.15, -0.1) is 0 Å². The van der Waals surface area contributed by atoms with Gasteiger partial charge in [0, 0.05) is 25.6 Å². The first-order chi connectivity index (χ1) is 9.06. The van der Waals surface area contributed by atoms with Crippen LogP contribution in [0.1, 0.15) is 12.0 Å². The zero-order chi connectivity index (χ0) is 13.5. The van der Waals surface area contributed by atoms with E-state index in [-0.39, 0.29) is 17.5 Å². The molecule has 2 saturated heterocycles. The number of likely N-dealkylation sites (tertiary alicyclic amines) is 1. The molecule has 4 nitrogen and oxygen atoms in total. The summed E-state index contributed by atoms with van der Waals surface area (Å²) in [6.07, 6.45) is 0.489. The van der Waals surface area contributed by atoms with Crippen LogP contribution in [0.3, 0.4) is 0 Å². The molecule has 102 valence electrons. The fourth-order valence-corrected chi connectivity index (χ4v) is 4.89. The van der Waals surface area contributed by atoms with Crippen LogP contribution >= 0.6 is 0 Å². The Morgan fingerprint density at radius 2 is 1.89 bits per heavy atom. The highest BCUT2D eigenvalue weighted by atomic mass is 32.2. The van der Waals surface area contributed by atoms with Crippen molar-refractivity contribution in [2.75, 3.05) is 18.8 Å². The van der Waals surface area contributed by atoms with Crippen LogP contribution in [0.4, 0.5) is 0 Å². The fourth-order valence-electron chi connectivity index (χ4n) is 3.01. The number of carbonyl (C=O) groups excluding carboxylic acids is 1. The smallest absolute Gasteiger partial charge is 0.161 e. The molecule has 0 N–H and O–H groups in total. The van der Waals surface area contributed by atoms with Crippen molar-refractivity contribution in [3.05, 3.63) is 35.9 Å². The summed E-state index contributed by atoms with van der Waals surface area (Å²) in [5, 5.41) is -0.788. The molecule has 19 heavy (non-hydrogen) atoms. The van der Waals surface area contributed by atoms with Crippen molar-refractivity contribution in [1.82, 2.24) is 4.90 Å². The first kappa shape index (κ1) is 12.8. The van der Waals surface area contributed by atoms with Gasteiger partial charge >= 0.3 is 0 Å². The lowest BCUT2D eigenvalue weighted by molar-refractivity contribution is -0.126. The molecule has 0 aliphatic carbocycles. The number of piperidine rings is 1. The minimum Gasteiger partial charge on any atom is -0.298 e. The average molecular weight is 279 g/mol. The summed E-state index contributed by atoms with van der Waals surface area (Å²) in [6.45, 7) is 1.77. The molecule has 5 heteroatoms. The lowest BCUT2D eigenvalue weighted by Gasteiger charge is -2.39. The maximum atomic E-state index is 12.0.